The summed E-state index contributed by atoms with van der Waals surface area (Å²) in [7, 11) is -0.00647. The molecule has 0 saturated heterocycles. The molecule has 0 fully saturated rings. The van der Waals surface area contributed by atoms with Crippen molar-refractivity contribution in [2.45, 2.75) is 0 Å². The zero-order valence-electron chi connectivity index (χ0n) is 16.6. The molecule has 1 heterocycles. The molecule has 3 rings (SSSR count). The molecule has 2 aromatic carbocycles. The Morgan fingerprint density at radius 3 is 2.50 bits per heavy atom. The average molecular weight is 441 g/mol. The zero-order valence-corrected chi connectivity index (χ0v) is 19.5. The van der Waals surface area contributed by atoms with Crippen LogP contribution in [0.3, 0.4) is 0 Å². The zero-order chi connectivity index (χ0) is 21.2. The van der Waals surface area contributed by atoms with Crippen molar-refractivity contribution in [3.63, 3.8) is 0 Å². The van der Waals surface area contributed by atoms with Gasteiger partial charge in [-0.3, -0.25) is 9.80 Å². The Hall–Kier alpha value is -2.44. The summed E-state index contributed by atoms with van der Waals surface area (Å²) in [5, 5.41) is 9.73. The van der Waals surface area contributed by atoms with E-state index in [4.69, 9.17) is 9.15 Å². The van der Waals surface area contributed by atoms with Crippen molar-refractivity contribution in [2.75, 3.05) is 21.2 Å². The number of fused-ring (bicyclic) bond motifs is 1. The summed E-state index contributed by atoms with van der Waals surface area (Å²) in [6.45, 7) is 0. The van der Waals surface area contributed by atoms with E-state index in [1.54, 1.807) is 32.3 Å². The van der Waals surface area contributed by atoms with Gasteiger partial charge in [-0.05, 0) is 29.8 Å². The van der Waals surface area contributed by atoms with Gasteiger partial charge < -0.3 is 17.9 Å². The number of rotatable bonds is 6. The predicted octanol–water partition coefficient (Wildman–Crippen LogP) is -0.128. The maximum Gasteiger partial charge on any atom is 1.00 e. The number of methoxy groups -OCH3 is 1. The van der Waals surface area contributed by atoms with Crippen LogP contribution in [0.1, 0.15) is 0 Å². The number of benzene rings is 2. The van der Waals surface area contributed by atoms with Gasteiger partial charge in [0.15, 0.2) is 5.43 Å². The largest absolute Gasteiger partial charge is 1.00 e. The van der Waals surface area contributed by atoms with Crippen molar-refractivity contribution in [1.29, 1.82) is 0 Å². The van der Waals surface area contributed by atoms with Gasteiger partial charge in [-0.25, -0.2) is 8.42 Å². The molecule has 0 saturated carbocycles. The van der Waals surface area contributed by atoms with Crippen LogP contribution in [0.25, 0.3) is 22.1 Å². The predicted molar refractivity (Wildman–Crippen MR) is 103 cm³/mol. The van der Waals surface area contributed by atoms with E-state index in [0.29, 0.717) is 17.0 Å². The van der Waals surface area contributed by atoms with Gasteiger partial charge in [0, 0.05) is 20.2 Å². The molecule has 1 aromatic heterocycles. The number of hydrogen-bond donors (Lipinski definition) is 0. The van der Waals surface area contributed by atoms with Crippen molar-refractivity contribution >= 4 is 27.1 Å². The normalized spacial score (nSPS) is 11.3. The van der Waals surface area contributed by atoms with E-state index in [-0.39, 0.29) is 57.3 Å². The van der Waals surface area contributed by atoms with Crippen molar-refractivity contribution in [3.8, 4) is 22.6 Å². The molecule has 10 nitrogen and oxygen atoms in total. The van der Waals surface area contributed by atoms with Crippen LogP contribution in [0.4, 0.5) is 5.69 Å². The second-order valence-corrected chi connectivity index (χ2v) is 7.03. The van der Waals surface area contributed by atoms with E-state index in [9.17, 15) is 17.8 Å². The van der Waals surface area contributed by atoms with Gasteiger partial charge in [0.05, 0.1) is 18.1 Å². The van der Waals surface area contributed by atoms with Crippen molar-refractivity contribution < 1.29 is 55.9 Å². The van der Waals surface area contributed by atoms with Crippen LogP contribution in [-0.4, -0.2) is 39.2 Å². The van der Waals surface area contributed by atoms with Crippen LogP contribution in [0.15, 0.2) is 62.2 Å². The minimum absolute atomic E-state index is 0. The Balaban J connectivity index is 0.00000320. The van der Waals surface area contributed by atoms with Gasteiger partial charge in [-0.15, -0.1) is 5.11 Å². The molecule has 30 heavy (non-hydrogen) atoms. The molecule has 0 spiro atoms. The molecule has 0 radical (unpaired) electrons. The molecule has 0 unspecified atom stereocenters. The van der Waals surface area contributed by atoms with Gasteiger partial charge in [0.25, 0.3) is 10.4 Å². The Kier molecular flexibility index (Phi) is 7.61. The van der Waals surface area contributed by atoms with Gasteiger partial charge in [-0.1, -0.05) is 11.3 Å². The Labute approximate surface area is 194 Å². The smallest absolute Gasteiger partial charge is 0.716 e. The summed E-state index contributed by atoms with van der Waals surface area (Å²) in [6.07, 6.45) is 1.23. The minimum Gasteiger partial charge on any atom is -0.716 e. The molecule has 12 heteroatoms. The monoisotopic (exact) mass is 441 g/mol. The molecule has 0 bridgehead atoms. The van der Waals surface area contributed by atoms with E-state index in [1.165, 1.54) is 30.5 Å². The molecule has 3 aromatic rings. The molecule has 0 amide bonds. The summed E-state index contributed by atoms with van der Waals surface area (Å²) in [4.78, 5) is 12.9. The molecule has 0 aliphatic heterocycles. The third-order valence-corrected chi connectivity index (χ3v) is 4.16. The first-order valence-electron chi connectivity index (χ1n) is 8.16. The third kappa shape index (κ3) is 5.58. The van der Waals surface area contributed by atoms with Crippen LogP contribution in [0.2, 0.25) is 0 Å². The first-order chi connectivity index (χ1) is 13.7. The van der Waals surface area contributed by atoms with Crippen LogP contribution in [0, 0.1) is 0 Å². The molecule has 0 aliphatic rings. The summed E-state index contributed by atoms with van der Waals surface area (Å²) in [5.41, 5.74) is 0.912. The molecule has 0 aliphatic carbocycles. The fourth-order valence-electron chi connectivity index (χ4n) is 2.55. The number of hydrogen-bond acceptors (Lipinski definition) is 9. The summed E-state index contributed by atoms with van der Waals surface area (Å²) in [5.74, 6) is 0.226. The molecular formula is C18H16N3NaO7S. The Morgan fingerprint density at radius 1 is 1.13 bits per heavy atom. The standard InChI is InChI=1S/C18H17N3O7S.Na/c1-21(2)20-19-15-8-11(4-7-16(15)26-3)14-10-27-17-9-12(28-29(23,24)25)5-6-13(17)18(14)22;/h4-10H,1-3H3,(H,23,24,25);/q;+1/p-1. The third-order valence-electron chi connectivity index (χ3n) is 3.77. The summed E-state index contributed by atoms with van der Waals surface area (Å²) >= 11 is 0. The second-order valence-electron chi connectivity index (χ2n) is 6.05. The van der Waals surface area contributed by atoms with Crippen molar-refractivity contribution in [2.24, 2.45) is 10.3 Å². The van der Waals surface area contributed by atoms with Crippen LogP contribution < -0.4 is 43.9 Å². The van der Waals surface area contributed by atoms with Crippen LogP contribution in [-0.2, 0) is 10.4 Å². The Morgan fingerprint density at radius 2 is 1.87 bits per heavy atom. The maximum atomic E-state index is 12.9. The Bertz CT molecular complexity index is 1260. The van der Waals surface area contributed by atoms with Gasteiger partial charge in [0.1, 0.15) is 29.0 Å². The fraction of sp³-hybridized carbons (Fsp3) is 0.167. The van der Waals surface area contributed by atoms with E-state index in [2.05, 4.69) is 14.5 Å². The molecule has 0 N–H and O–H groups in total. The SMILES string of the molecule is COc1ccc(-c2coc3cc(OS(=O)(=O)[O-])ccc3c2=O)cc1N=NN(C)C.[Na+]. The van der Waals surface area contributed by atoms with Crippen LogP contribution in [0.5, 0.6) is 11.5 Å². The quantitative estimate of drug-likeness (QED) is 0.170. The fourth-order valence-corrected chi connectivity index (χ4v) is 2.89. The summed E-state index contributed by atoms with van der Waals surface area (Å²) in [6, 6.07) is 8.63. The number of ether oxygens (including phenoxy) is 1. The minimum atomic E-state index is -4.93. The van der Waals surface area contributed by atoms with Crippen molar-refractivity contribution in [3.05, 3.63) is 52.9 Å². The van der Waals surface area contributed by atoms with Crippen molar-refractivity contribution in [1.82, 2.24) is 5.01 Å². The van der Waals surface area contributed by atoms with E-state index in [0.717, 1.165) is 6.07 Å². The van der Waals surface area contributed by atoms with Gasteiger partial charge >= 0.3 is 29.6 Å². The number of nitrogens with zero attached hydrogens (tertiary/aromatic N) is 3. The van der Waals surface area contributed by atoms with Crippen LogP contribution >= 0.6 is 0 Å². The van der Waals surface area contributed by atoms with E-state index in [1.807, 2.05) is 0 Å². The molecule has 152 valence electrons. The van der Waals surface area contributed by atoms with Gasteiger partial charge in [-0.2, -0.15) is 0 Å². The second kappa shape index (κ2) is 9.58. The van der Waals surface area contributed by atoms with E-state index < -0.39 is 10.4 Å². The maximum absolute atomic E-state index is 12.9. The summed E-state index contributed by atoms with van der Waals surface area (Å²) < 4.78 is 47.2. The topological polar surface area (TPSA) is 134 Å². The van der Waals surface area contributed by atoms with Gasteiger partial charge in [0.2, 0.25) is 0 Å². The molecular weight excluding hydrogens is 425 g/mol. The first-order valence-corrected chi connectivity index (χ1v) is 9.49. The molecule has 0 atom stereocenters. The first kappa shape index (κ1) is 23.8. The average Bonchev–Trinajstić information content (AvgIpc) is 2.65. The van der Waals surface area contributed by atoms with E-state index >= 15 is 0 Å².